The number of carbonyl (C=O) groups is 2. The first-order valence-corrected chi connectivity index (χ1v) is 12.7. The lowest BCUT2D eigenvalue weighted by Crippen LogP contribution is -2.27. The molecule has 168 valence electrons. The quantitative estimate of drug-likeness (QED) is 0.278. The molecule has 0 N–H and O–H groups in total. The van der Waals surface area contributed by atoms with Gasteiger partial charge in [-0.3, -0.25) is 14.5 Å². The van der Waals surface area contributed by atoms with Gasteiger partial charge in [0, 0.05) is 0 Å². The van der Waals surface area contributed by atoms with Crippen molar-refractivity contribution in [3.8, 4) is 5.75 Å². The summed E-state index contributed by atoms with van der Waals surface area (Å²) in [5.41, 5.74) is 5.11. The number of hydrogen-bond donors (Lipinski definition) is 0. The van der Waals surface area contributed by atoms with E-state index in [1.165, 1.54) is 10.5 Å². The van der Waals surface area contributed by atoms with Crippen molar-refractivity contribution < 1.29 is 14.3 Å². The summed E-state index contributed by atoms with van der Waals surface area (Å²) in [6.07, 6.45) is 1.74. The van der Waals surface area contributed by atoms with Gasteiger partial charge in [-0.05, 0) is 92.4 Å². The van der Waals surface area contributed by atoms with Crippen molar-refractivity contribution in [2.75, 3.05) is 0 Å². The Hall–Kier alpha value is -2.35. The number of halogens is 2. The molecule has 7 heteroatoms. The van der Waals surface area contributed by atoms with Gasteiger partial charge in [-0.2, -0.15) is 0 Å². The number of thioether (sulfide) groups is 1. The molecule has 1 heterocycles. The molecular weight excluding hydrogens is 566 g/mol. The van der Waals surface area contributed by atoms with E-state index in [0.717, 1.165) is 43.0 Å². The summed E-state index contributed by atoms with van der Waals surface area (Å²) in [6, 6.07) is 19.7. The fraction of sp³-hybridized carbons (Fsp3) is 0.154. The van der Waals surface area contributed by atoms with Gasteiger partial charge in [-0.1, -0.05) is 59.7 Å². The van der Waals surface area contributed by atoms with Crippen LogP contribution in [0.25, 0.3) is 6.08 Å². The van der Waals surface area contributed by atoms with Gasteiger partial charge in [0.15, 0.2) is 0 Å². The highest BCUT2D eigenvalue weighted by atomic mass is 79.9. The molecule has 4 nitrogen and oxygen atoms in total. The molecule has 1 fully saturated rings. The Morgan fingerprint density at radius 1 is 0.909 bits per heavy atom. The van der Waals surface area contributed by atoms with Gasteiger partial charge >= 0.3 is 0 Å². The van der Waals surface area contributed by atoms with Crippen LogP contribution in [-0.4, -0.2) is 16.0 Å². The number of imide groups is 1. The maximum Gasteiger partial charge on any atom is 0.293 e. The summed E-state index contributed by atoms with van der Waals surface area (Å²) >= 11 is 8.10. The number of ether oxygens (including phenoxy) is 1. The molecule has 4 rings (SSSR count). The second-order valence-electron chi connectivity index (χ2n) is 7.84. The van der Waals surface area contributed by atoms with Crippen LogP contribution in [0.1, 0.15) is 27.8 Å². The normalized spacial score (nSPS) is 14.9. The van der Waals surface area contributed by atoms with E-state index in [1.54, 1.807) is 6.08 Å². The van der Waals surface area contributed by atoms with Crippen LogP contribution >= 0.6 is 43.6 Å². The predicted molar refractivity (Wildman–Crippen MR) is 140 cm³/mol. The van der Waals surface area contributed by atoms with E-state index in [-0.39, 0.29) is 17.7 Å². The molecule has 0 unspecified atom stereocenters. The number of nitrogens with zero attached hydrogens (tertiary/aromatic N) is 1. The van der Waals surface area contributed by atoms with Crippen LogP contribution in [0.4, 0.5) is 4.79 Å². The molecule has 0 spiro atoms. The highest BCUT2D eigenvalue weighted by molar-refractivity contribution is 9.11. The van der Waals surface area contributed by atoms with Crippen molar-refractivity contribution in [2.24, 2.45) is 0 Å². The van der Waals surface area contributed by atoms with E-state index in [9.17, 15) is 9.59 Å². The average Bonchev–Trinajstić information content (AvgIpc) is 3.02. The lowest BCUT2D eigenvalue weighted by molar-refractivity contribution is -0.123. The highest BCUT2D eigenvalue weighted by Crippen LogP contribution is 2.38. The van der Waals surface area contributed by atoms with E-state index in [4.69, 9.17) is 4.74 Å². The van der Waals surface area contributed by atoms with Crippen molar-refractivity contribution in [3.05, 3.63) is 102 Å². The van der Waals surface area contributed by atoms with Crippen LogP contribution in [0.15, 0.2) is 74.5 Å². The summed E-state index contributed by atoms with van der Waals surface area (Å²) in [7, 11) is 0. The molecule has 1 aliphatic heterocycles. The minimum atomic E-state index is -0.280. The van der Waals surface area contributed by atoms with Crippen LogP contribution in [0.5, 0.6) is 5.75 Å². The number of aryl methyl sites for hydroxylation is 2. The minimum absolute atomic E-state index is 0.261. The van der Waals surface area contributed by atoms with E-state index < -0.39 is 0 Å². The number of benzene rings is 3. The van der Waals surface area contributed by atoms with Crippen molar-refractivity contribution in [1.82, 2.24) is 4.90 Å². The number of rotatable bonds is 6. The van der Waals surface area contributed by atoms with Crippen LogP contribution in [0, 0.1) is 13.8 Å². The van der Waals surface area contributed by atoms with Gasteiger partial charge in [0.25, 0.3) is 11.1 Å². The molecule has 3 aromatic carbocycles. The third kappa shape index (κ3) is 5.78. The summed E-state index contributed by atoms with van der Waals surface area (Å²) in [5, 5.41) is -0.261. The molecule has 0 saturated carbocycles. The molecule has 1 saturated heterocycles. The summed E-state index contributed by atoms with van der Waals surface area (Å²) in [6.45, 7) is 4.76. The Balaban J connectivity index is 1.49. The van der Waals surface area contributed by atoms with Gasteiger partial charge in [-0.15, -0.1) is 0 Å². The average molecular weight is 587 g/mol. The predicted octanol–water partition coefficient (Wildman–Crippen LogP) is 7.64. The number of hydrogen-bond acceptors (Lipinski definition) is 4. The van der Waals surface area contributed by atoms with E-state index in [2.05, 4.69) is 37.9 Å². The van der Waals surface area contributed by atoms with E-state index in [0.29, 0.717) is 17.3 Å². The van der Waals surface area contributed by atoms with Crippen LogP contribution in [0.2, 0.25) is 0 Å². The fourth-order valence-electron chi connectivity index (χ4n) is 3.42. The maximum atomic E-state index is 12.9. The third-order valence-electron chi connectivity index (χ3n) is 5.12. The molecular formula is C26H21Br2NO3S. The van der Waals surface area contributed by atoms with Crippen molar-refractivity contribution in [1.29, 1.82) is 0 Å². The molecule has 2 amide bonds. The molecule has 1 aliphatic rings. The highest BCUT2D eigenvalue weighted by Gasteiger charge is 2.35. The first kappa shape index (κ1) is 23.8. The molecule has 3 aromatic rings. The summed E-state index contributed by atoms with van der Waals surface area (Å²) in [5.74, 6) is 0.402. The van der Waals surface area contributed by atoms with Gasteiger partial charge < -0.3 is 4.74 Å². The molecule has 0 aliphatic carbocycles. The molecule has 33 heavy (non-hydrogen) atoms. The van der Waals surface area contributed by atoms with Crippen molar-refractivity contribution in [2.45, 2.75) is 27.0 Å². The molecule has 0 aromatic heterocycles. The van der Waals surface area contributed by atoms with Crippen LogP contribution in [0.3, 0.4) is 0 Å². The lowest BCUT2D eigenvalue weighted by Gasteiger charge is -2.13. The van der Waals surface area contributed by atoms with Gasteiger partial charge in [0.1, 0.15) is 12.4 Å². The Morgan fingerprint density at radius 2 is 1.61 bits per heavy atom. The van der Waals surface area contributed by atoms with Crippen LogP contribution < -0.4 is 4.74 Å². The smallest absolute Gasteiger partial charge is 0.293 e. The first-order valence-electron chi connectivity index (χ1n) is 10.3. The Labute approximate surface area is 214 Å². The second-order valence-corrected chi connectivity index (χ2v) is 10.5. The SMILES string of the molecule is Cc1ccc(CN2C(=O)S/C(=C\c3cc(Br)c(OCc4cccc(C)c4)c(Br)c3)C2=O)cc1. The van der Waals surface area contributed by atoms with Gasteiger partial charge in [0.05, 0.1) is 20.4 Å². The Kier molecular flexibility index (Phi) is 7.41. The standard InChI is InChI=1S/C26H21Br2NO3S/c1-16-6-8-18(9-7-16)14-29-25(30)23(33-26(29)31)13-20-11-21(27)24(22(28)12-20)32-15-19-5-3-4-17(2)10-19/h3-13H,14-15H2,1-2H3/b23-13-. The zero-order chi connectivity index (χ0) is 23.5. The Bertz CT molecular complexity index is 1230. The van der Waals surface area contributed by atoms with E-state index in [1.807, 2.05) is 68.4 Å². The fourth-order valence-corrected chi connectivity index (χ4v) is 5.71. The Morgan fingerprint density at radius 3 is 2.27 bits per heavy atom. The maximum absolute atomic E-state index is 12.9. The monoisotopic (exact) mass is 585 g/mol. The van der Waals surface area contributed by atoms with E-state index >= 15 is 0 Å². The topological polar surface area (TPSA) is 46.6 Å². The number of carbonyl (C=O) groups excluding carboxylic acids is 2. The van der Waals surface area contributed by atoms with Crippen LogP contribution in [-0.2, 0) is 17.9 Å². The van der Waals surface area contributed by atoms with Gasteiger partial charge in [0.2, 0.25) is 0 Å². The lowest BCUT2D eigenvalue weighted by atomic mass is 10.1. The minimum Gasteiger partial charge on any atom is -0.487 e. The third-order valence-corrected chi connectivity index (χ3v) is 7.20. The zero-order valence-electron chi connectivity index (χ0n) is 18.1. The largest absolute Gasteiger partial charge is 0.487 e. The van der Waals surface area contributed by atoms with Crippen molar-refractivity contribution in [3.63, 3.8) is 0 Å². The van der Waals surface area contributed by atoms with Crippen molar-refractivity contribution >= 4 is 60.8 Å². The molecule has 0 bridgehead atoms. The zero-order valence-corrected chi connectivity index (χ0v) is 22.1. The molecule has 0 radical (unpaired) electrons. The second kappa shape index (κ2) is 10.3. The summed E-state index contributed by atoms with van der Waals surface area (Å²) in [4.78, 5) is 27.0. The molecule has 0 atom stereocenters. The first-order chi connectivity index (χ1) is 15.8. The van der Waals surface area contributed by atoms with Gasteiger partial charge in [-0.25, -0.2) is 0 Å². The number of amides is 2. The summed E-state index contributed by atoms with van der Waals surface area (Å²) < 4.78 is 7.53.